The lowest BCUT2D eigenvalue weighted by Crippen LogP contribution is -2.42. The lowest BCUT2D eigenvalue weighted by Gasteiger charge is -2.33. The van der Waals surface area contributed by atoms with Gasteiger partial charge >= 0.3 is 6.09 Å². The van der Waals surface area contributed by atoms with Gasteiger partial charge in [-0.25, -0.2) is 18.2 Å². The molecular formula is C16H23ClN2O4S. The Labute approximate surface area is 148 Å². The van der Waals surface area contributed by atoms with Crippen LogP contribution in [-0.4, -0.2) is 48.8 Å². The highest BCUT2D eigenvalue weighted by Crippen LogP contribution is 2.26. The van der Waals surface area contributed by atoms with Crippen LogP contribution in [0.1, 0.15) is 33.6 Å². The van der Waals surface area contributed by atoms with E-state index in [4.69, 9.17) is 16.3 Å². The van der Waals surface area contributed by atoms with E-state index in [1.165, 1.54) is 12.3 Å². The van der Waals surface area contributed by atoms with Gasteiger partial charge in [-0.15, -0.1) is 0 Å². The van der Waals surface area contributed by atoms with E-state index in [-0.39, 0.29) is 27.8 Å². The largest absolute Gasteiger partial charge is 0.444 e. The third-order valence-electron chi connectivity index (χ3n) is 3.78. The van der Waals surface area contributed by atoms with Crippen LogP contribution in [-0.2, 0) is 14.6 Å². The molecule has 134 valence electrons. The maximum Gasteiger partial charge on any atom is 0.410 e. The van der Waals surface area contributed by atoms with Crippen LogP contribution in [0.5, 0.6) is 0 Å². The minimum Gasteiger partial charge on any atom is -0.444 e. The van der Waals surface area contributed by atoms with Crippen molar-refractivity contribution in [1.29, 1.82) is 0 Å². The Kier molecular flexibility index (Phi) is 5.75. The van der Waals surface area contributed by atoms with Crippen LogP contribution in [0, 0.1) is 5.92 Å². The summed E-state index contributed by atoms with van der Waals surface area (Å²) in [5, 5.41) is 0.00342. The van der Waals surface area contributed by atoms with E-state index in [1.54, 1.807) is 11.0 Å². The van der Waals surface area contributed by atoms with Gasteiger partial charge in [-0.05, 0) is 51.7 Å². The van der Waals surface area contributed by atoms with Crippen molar-refractivity contribution in [3.05, 3.63) is 23.5 Å². The van der Waals surface area contributed by atoms with E-state index >= 15 is 0 Å². The van der Waals surface area contributed by atoms with E-state index in [0.29, 0.717) is 25.9 Å². The molecule has 0 unspecified atom stereocenters. The summed E-state index contributed by atoms with van der Waals surface area (Å²) in [4.78, 5) is 17.6. The zero-order valence-electron chi connectivity index (χ0n) is 14.2. The average Bonchev–Trinajstić information content (AvgIpc) is 2.46. The summed E-state index contributed by atoms with van der Waals surface area (Å²) >= 11 is 5.89. The first kappa shape index (κ1) is 19.0. The normalized spacial score (nSPS) is 16.9. The molecule has 24 heavy (non-hydrogen) atoms. The van der Waals surface area contributed by atoms with Gasteiger partial charge in [0.1, 0.15) is 15.6 Å². The quantitative estimate of drug-likeness (QED) is 0.759. The number of aromatic nitrogens is 1. The molecule has 1 amide bonds. The smallest absolute Gasteiger partial charge is 0.410 e. The molecule has 1 aromatic rings. The van der Waals surface area contributed by atoms with E-state index in [1.807, 2.05) is 20.8 Å². The number of nitrogens with zero attached hydrogens (tertiary/aromatic N) is 2. The SMILES string of the molecule is CC(C)(C)OC(=O)N1CCC(CS(=O)(=O)c2cccnc2Cl)CC1. The molecule has 0 aromatic carbocycles. The third-order valence-corrected chi connectivity index (χ3v) is 6.10. The molecule has 6 nitrogen and oxygen atoms in total. The summed E-state index contributed by atoms with van der Waals surface area (Å²) < 4.78 is 30.3. The first-order valence-electron chi connectivity index (χ1n) is 7.90. The summed E-state index contributed by atoms with van der Waals surface area (Å²) in [7, 11) is -3.49. The van der Waals surface area contributed by atoms with Gasteiger partial charge in [0.25, 0.3) is 0 Å². The fraction of sp³-hybridized carbons (Fsp3) is 0.625. The average molecular weight is 375 g/mol. The first-order valence-corrected chi connectivity index (χ1v) is 9.93. The maximum atomic E-state index is 12.5. The molecule has 1 aliphatic rings. The molecule has 2 rings (SSSR count). The van der Waals surface area contributed by atoms with Crippen LogP contribution in [0.2, 0.25) is 5.15 Å². The van der Waals surface area contributed by atoms with E-state index in [9.17, 15) is 13.2 Å². The van der Waals surface area contributed by atoms with E-state index in [0.717, 1.165) is 0 Å². The van der Waals surface area contributed by atoms with E-state index in [2.05, 4.69) is 4.98 Å². The summed E-state index contributed by atoms with van der Waals surface area (Å²) in [6.45, 7) is 6.46. The second-order valence-electron chi connectivity index (χ2n) is 6.98. The second-order valence-corrected chi connectivity index (χ2v) is 9.35. The van der Waals surface area contributed by atoms with Gasteiger partial charge in [0.2, 0.25) is 0 Å². The van der Waals surface area contributed by atoms with Crippen molar-refractivity contribution in [2.75, 3.05) is 18.8 Å². The van der Waals surface area contributed by atoms with Gasteiger partial charge in [-0.1, -0.05) is 11.6 Å². The van der Waals surface area contributed by atoms with E-state index < -0.39 is 15.4 Å². The monoisotopic (exact) mass is 374 g/mol. The number of amides is 1. The number of sulfone groups is 1. The number of pyridine rings is 1. The standard InChI is InChI=1S/C16H23ClN2O4S/c1-16(2,3)23-15(20)19-9-6-12(7-10-19)11-24(21,22)13-5-4-8-18-14(13)17/h4-5,8,12H,6-7,9-11H2,1-3H3. The molecule has 0 spiro atoms. The van der Waals surface area contributed by atoms with Crippen molar-refractivity contribution in [3.63, 3.8) is 0 Å². The van der Waals surface area contributed by atoms with Gasteiger partial charge in [0.15, 0.2) is 9.84 Å². The fourth-order valence-electron chi connectivity index (χ4n) is 2.61. The van der Waals surface area contributed by atoms with Crippen LogP contribution >= 0.6 is 11.6 Å². The number of carbonyl (C=O) groups excluding carboxylic acids is 1. The molecule has 1 saturated heterocycles. The van der Waals surface area contributed by atoms with Crippen LogP contribution < -0.4 is 0 Å². The number of rotatable bonds is 3. The molecule has 0 aliphatic carbocycles. The summed E-state index contributed by atoms with van der Waals surface area (Å²) in [6.07, 6.45) is 2.35. The number of hydrogen-bond acceptors (Lipinski definition) is 5. The highest BCUT2D eigenvalue weighted by Gasteiger charge is 2.30. The Morgan fingerprint density at radius 1 is 1.38 bits per heavy atom. The molecule has 1 aromatic heterocycles. The molecule has 0 bridgehead atoms. The molecule has 1 aliphatic heterocycles. The molecule has 8 heteroatoms. The summed E-state index contributed by atoms with van der Waals surface area (Å²) in [5.41, 5.74) is -0.533. The topological polar surface area (TPSA) is 76.6 Å². The number of halogens is 1. The van der Waals surface area contributed by atoms with Crippen LogP contribution in [0.3, 0.4) is 0 Å². The number of likely N-dealkylation sites (tertiary alicyclic amines) is 1. The lowest BCUT2D eigenvalue weighted by molar-refractivity contribution is 0.0191. The highest BCUT2D eigenvalue weighted by molar-refractivity contribution is 7.91. The fourth-order valence-corrected chi connectivity index (χ4v) is 4.81. The molecule has 0 radical (unpaired) electrons. The predicted molar refractivity (Wildman–Crippen MR) is 91.8 cm³/mol. The van der Waals surface area contributed by atoms with Crippen molar-refractivity contribution in [2.45, 2.75) is 44.1 Å². The van der Waals surface area contributed by atoms with Crippen LogP contribution in [0.25, 0.3) is 0 Å². The van der Waals surface area contributed by atoms with Crippen molar-refractivity contribution >= 4 is 27.5 Å². The van der Waals surface area contributed by atoms with Gasteiger partial charge in [-0.2, -0.15) is 0 Å². The van der Waals surface area contributed by atoms with Gasteiger partial charge in [0.05, 0.1) is 5.75 Å². The van der Waals surface area contributed by atoms with Crippen molar-refractivity contribution in [2.24, 2.45) is 5.92 Å². The van der Waals surface area contributed by atoms with Crippen molar-refractivity contribution in [1.82, 2.24) is 9.88 Å². The minimum atomic E-state index is -3.49. The van der Waals surface area contributed by atoms with Gasteiger partial charge < -0.3 is 9.64 Å². The zero-order valence-corrected chi connectivity index (χ0v) is 15.7. The minimum absolute atomic E-state index is 0.00342. The Balaban J connectivity index is 1.94. The highest BCUT2D eigenvalue weighted by atomic mass is 35.5. The molecule has 0 atom stereocenters. The second kappa shape index (κ2) is 7.27. The molecule has 0 saturated carbocycles. The number of carbonyl (C=O) groups is 1. The Morgan fingerprint density at radius 2 is 2.00 bits per heavy atom. The molecular weight excluding hydrogens is 352 g/mol. The molecule has 1 fully saturated rings. The number of ether oxygens (including phenoxy) is 1. The lowest BCUT2D eigenvalue weighted by atomic mass is 9.99. The first-order chi connectivity index (χ1) is 11.1. The van der Waals surface area contributed by atoms with Crippen LogP contribution in [0.4, 0.5) is 4.79 Å². The Morgan fingerprint density at radius 3 is 2.54 bits per heavy atom. The number of piperidine rings is 1. The molecule has 2 heterocycles. The van der Waals surface area contributed by atoms with Crippen molar-refractivity contribution < 1.29 is 17.9 Å². The molecule has 0 N–H and O–H groups in total. The number of hydrogen-bond donors (Lipinski definition) is 0. The summed E-state index contributed by atoms with van der Waals surface area (Å²) in [6, 6.07) is 3.03. The maximum absolute atomic E-state index is 12.5. The Hall–Kier alpha value is -1.34. The zero-order chi connectivity index (χ0) is 18.0. The third kappa shape index (κ3) is 5.08. The van der Waals surface area contributed by atoms with Crippen LogP contribution in [0.15, 0.2) is 23.2 Å². The van der Waals surface area contributed by atoms with Gasteiger partial charge in [-0.3, -0.25) is 0 Å². The van der Waals surface area contributed by atoms with Crippen molar-refractivity contribution in [3.8, 4) is 0 Å². The summed E-state index contributed by atoms with van der Waals surface area (Å²) in [5.74, 6) is 0.00516. The van der Waals surface area contributed by atoms with Gasteiger partial charge in [0, 0.05) is 19.3 Å². The predicted octanol–water partition coefficient (Wildman–Crippen LogP) is 3.16. The Bertz CT molecular complexity index is 692.